The maximum atomic E-state index is 12.7. The summed E-state index contributed by atoms with van der Waals surface area (Å²) in [5, 5.41) is 15.0. The number of halogens is 4. The lowest BCUT2D eigenvalue weighted by Crippen LogP contribution is -2.44. The minimum Gasteiger partial charge on any atom is -0.385 e. The molecule has 1 fully saturated rings. The van der Waals surface area contributed by atoms with E-state index in [0.29, 0.717) is 31.0 Å². The van der Waals surface area contributed by atoms with Crippen LogP contribution < -0.4 is 10.6 Å². The van der Waals surface area contributed by atoms with Crippen molar-refractivity contribution in [2.75, 3.05) is 18.0 Å². The molecule has 0 aliphatic carbocycles. The average Bonchev–Trinajstić information content (AvgIpc) is 3.20. The molecule has 8 nitrogen and oxygen atoms in total. The molecule has 1 aromatic carbocycles. The fourth-order valence-corrected chi connectivity index (χ4v) is 3.60. The SMILES string of the molecule is O=c1nc(N2CCC(O)(c3ccc(Cl)cc3)CC2)ncn1Cn1ccc(C(F)(F)F)n1. The van der Waals surface area contributed by atoms with Crippen molar-refractivity contribution in [3.8, 4) is 0 Å². The number of rotatable bonds is 4. The molecule has 0 bridgehead atoms. The number of hydrogen-bond donors (Lipinski definition) is 1. The second kappa shape index (κ2) is 7.97. The first-order chi connectivity index (χ1) is 14.6. The van der Waals surface area contributed by atoms with E-state index in [2.05, 4.69) is 15.1 Å². The highest BCUT2D eigenvalue weighted by molar-refractivity contribution is 6.30. The van der Waals surface area contributed by atoms with Gasteiger partial charge in [0.2, 0.25) is 5.95 Å². The minimum absolute atomic E-state index is 0.204. The molecule has 0 spiro atoms. The van der Waals surface area contributed by atoms with E-state index in [1.165, 1.54) is 6.33 Å². The molecule has 2 aromatic heterocycles. The Morgan fingerprint density at radius 1 is 1.13 bits per heavy atom. The molecule has 1 saturated heterocycles. The molecule has 0 radical (unpaired) electrons. The van der Waals surface area contributed by atoms with Crippen molar-refractivity contribution in [3.63, 3.8) is 0 Å². The van der Waals surface area contributed by atoms with E-state index < -0.39 is 23.2 Å². The zero-order chi connectivity index (χ0) is 22.2. The molecule has 1 aliphatic rings. The molecule has 3 heterocycles. The summed E-state index contributed by atoms with van der Waals surface area (Å²) in [5.74, 6) is 0.204. The predicted molar refractivity (Wildman–Crippen MR) is 106 cm³/mol. The molecule has 1 aliphatic heterocycles. The van der Waals surface area contributed by atoms with E-state index in [1.807, 2.05) is 0 Å². The first-order valence-corrected chi connectivity index (χ1v) is 9.79. The van der Waals surface area contributed by atoms with Crippen LogP contribution in [0.5, 0.6) is 0 Å². The summed E-state index contributed by atoms with van der Waals surface area (Å²) < 4.78 is 40.0. The van der Waals surface area contributed by atoms with Crippen molar-refractivity contribution < 1.29 is 18.3 Å². The highest BCUT2D eigenvalue weighted by Gasteiger charge is 2.35. The Morgan fingerprint density at radius 2 is 1.81 bits per heavy atom. The number of piperidine rings is 1. The largest absolute Gasteiger partial charge is 0.435 e. The summed E-state index contributed by atoms with van der Waals surface area (Å²) in [6.07, 6.45) is -1.38. The van der Waals surface area contributed by atoms with Crippen molar-refractivity contribution in [2.45, 2.75) is 31.3 Å². The zero-order valence-electron chi connectivity index (χ0n) is 16.1. The van der Waals surface area contributed by atoms with E-state index >= 15 is 0 Å². The van der Waals surface area contributed by atoms with Crippen molar-refractivity contribution in [1.29, 1.82) is 0 Å². The van der Waals surface area contributed by atoms with Crippen molar-refractivity contribution >= 4 is 17.5 Å². The Kier molecular flexibility index (Phi) is 5.48. The van der Waals surface area contributed by atoms with Gasteiger partial charge in [-0.25, -0.2) is 9.78 Å². The van der Waals surface area contributed by atoms with Gasteiger partial charge in [-0.2, -0.15) is 23.3 Å². The number of aromatic nitrogens is 5. The van der Waals surface area contributed by atoms with Crippen LogP contribution in [0.1, 0.15) is 24.1 Å². The third-order valence-corrected chi connectivity index (χ3v) is 5.49. The number of hydrogen-bond acceptors (Lipinski definition) is 6. The third-order valence-electron chi connectivity index (χ3n) is 5.24. The molecule has 164 valence electrons. The lowest BCUT2D eigenvalue weighted by molar-refractivity contribution is -0.141. The van der Waals surface area contributed by atoms with E-state index in [-0.39, 0.29) is 12.6 Å². The van der Waals surface area contributed by atoms with Crippen LogP contribution in [0.15, 0.2) is 47.7 Å². The van der Waals surface area contributed by atoms with Gasteiger partial charge in [0.25, 0.3) is 0 Å². The Morgan fingerprint density at radius 3 is 2.39 bits per heavy atom. The standard InChI is InChI=1S/C19H18ClF3N6O2/c20-14-3-1-13(2-4-14)18(31)6-9-27(10-7-18)16-24-11-28(17(30)25-16)12-29-8-5-15(26-29)19(21,22)23/h1-5,8,11,31H,6-7,9-10,12H2. The summed E-state index contributed by atoms with van der Waals surface area (Å²) in [5.41, 5.74) is -1.94. The molecule has 0 saturated carbocycles. The van der Waals surface area contributed by atoms with Crippen LogP contribution in [0.2, 0.25) is 5.02 Å². The summed E-state index contributed by atoms with van der Waals surface area (Å²) >= 11 is 5.91. The van der Waals surface area contributed by atoms with Crippen molar-refractivity contribution in [1.82, 2.24) is 24.3 Å². The van der Waals surface area contributed by atoms with Crippen LogP contribution in [0.25, 0.3) is 0 Å². The van der Waals surface area contributed by atoms with Gasteiger partial charge in [0.1, 0.15) is 13.0 Å². The topological polar surface area (TPSA) is 89.1 Å². The maximum absolute atomic E-state index is 12.7. The number of nitrogens with zero attached hydrogens (tertiary/aromatic N) is 6. The predicted octanol–water partition coefficient (Wildman–Crippen LogP) is 2.50. The minimum atomic E-state index is -4.56. The molecular formula is C19H18ClF3N6O2. The number of anilines is 1. The average molecular weight is 455 g/mol. The maximum Gasteiger partial charge on any atom is 0.435 e. The Balaban J connectivity index is 1.43. The first-order valence-electron chi connectivity index (χ1n) is 9.42. The lowest BCUT2D eigenvalue weighted by Gasteiger charge is -2.38. The van der Waals surface area contributed by atoms with Crippen LogP contribution in [-0.4, -0.2) is 42.5 Å². The molecule has 0 atom stereocenters. The summed E-state index contributed by atoms with van der Waals surface area (Å²) in [4.78, 5) is 22.2. The smallest absolute Gasteiger partial charge is 0.385 e. The zero-order valence-corrected chi connectivity index (χ0v) is 16.9. The highest BCUT2D eigenvalue weighted by atomic mass is 35.5. The number of aliphatic hydroxyl groups is 1. The van der Waals surface area contributed by atoms with Crippen molar-refractivity contribution in [3.05, 3.63) is 69.6 Å². The Labute approximate surface area is 179 Å². The van der Waals surface area contributed by atoms with E-state index in [4.69, 9.17) is 11.6 Å². The van der Waals surface area contributed by atoms with Crippen LogP contribution in [0.4, 0.5) is 19.1 Å². The van der Waals surface area contributed by atoms with Crippen LogP contribution in [0.3, 0.4) is 0 Å². The third kappa shape index (κ3) is 4.57. The van der Waals surface area contributed by atoms with Gasteiger partial charge in [-0.3, -0.25) is 9.25 Å². The Hall–Kier alpha value is -2.92. The van der Waals surface area contributed by atoms with Gasteiger partial charge < -0.3 is 10.0 Å². The second-order valence-corrected chi connectivity index (χ2v) is 7.75. The molecular weight excluding hydrogens is 437 g/mol. The molecule has 31 heavy (non-hydrogen) atoms. The molecule has 12 heteroatoms. The van der Waals surface area contributed by atoms with E-state index in [0.717, 1.165) is 27.1 Å². The van der Waals surface area contributed by atoms with E-state index in [1.54, 1.807) is 29.2 Å². The summed E-state index contributed by atoms with van der Waals surface area (Å²) in [6.45, 7) is 0.610. The van der Waals surface area contributed by atoms with E-state index in [9.17, 15) is 23.1 Å². The van der Waals surface area contributed by atoms with Crippen LogP contribution in [-0.2, 0) is 18.4 Å². The normalized spacial score (nSPS) is 16.5. The van der Waals surface area contributed by atoms with Crippen LogP contribution >= 0.6 is 11.6 Å². The molecule has 3 aromatic rings. The van der Waals surface area contributed by atoms with Gasteiger partial charge in [0.05, 0.1) is 5.60 Å². The summed E-state index contributed by atoms with van der Waals surface area (Å²) in [6, 6.07) is 7.85. The van der Waals surface area contributed by atoms with Crippen LogP contribution in [0, 0.1) is 0 Å². The molecule has 4 rings (SSSR count). The monoisotopic (exact) mass is 454 g/mol. The first kappa shape index (κ1) is 21.3. The fraction of sp³-hybridized carbons (Fsp3) is 0.368. The molecule has 0 unspecified atom stereocenters. The number of benzene rings is 1. The lowest BCUT2D eigenvalue weighted by atomic mass is 9.84. The summed E-state index contributed by atoms with van der Waals surface area (Å²) in [7, 11) is 0. The quantitative estimate of drug-likeness (QED) is 0.651. The second-order valence-electron chi connectivity index (χ2n) is 7.31. The van der Waals surface area contributed by atoms with Gasteiger partial charge in [-0.05, 0) is 36.6 Å². The fourth-order valence-electron chi connectivity index (χ4n) is 3.47. The van der Waals surface area contributed by atoms with Gasteiger partial charge >= 0.3 is 11.9 Å². The molecule has 1 N–H and O–H groups in total. The Bertz CT molecular complexity index is 1120. The highest BCUT2D eigenvalue weighted by Crippen LogP contribution is 2.34. The van der Waals surface area contributed by atoms with Gasteiger partial charge in [-0.15, -0.1) is 0 Å². The van der Waals surface area contributed by atoms with Gasteiger partial charge in [-0.1, -0.05) is 23.7 Å². The molecule has 0 amide bonds. The number of alkyl halides is 3. The van der Waals surface area contributed by atoms with Crippen molar-refractivity contribution in [2.24, 2.45) is 0 Å². The van der Waals surface area contributed by atoms with Gasteiger partial charge in [0.15, 0.2) is 5.69 Å². The van der Waals surface area contributed by atoms with Gasteiger partial charge in [0, 0.05) is 24.3 Å².